The lowest BCUT2D eigenvalue weighted by Crippen LogP contribution is -2.13. The number of hydrogen-bond acceptors (Lipinski definition) is 4. The molecule has 0 aliphatic carbocycles. The average Bonchev–Trinajstić information content (AvgIpc) is 2.82. The van der Waals surface area contributed by atoms with Crippen LogP contribution in [-0.4, -0.2) is 16.8 Å². The zero-order valence-electron chi connectivity index (χ0n) is 19.4. The van der Waals surface area contributed by atoms with Gasteiger partial charge < -0.3 is 0 Å². The lowest BCUT2D eigenvalue weighted by atomic mass is 10.0. The van der Waals surface area contributed by atoms with Gasteiger partial charge >= 0.3 is 0 Å². The van der Waals surface area contributed by atoms with Gasteiger partial charge in [-0.3, -0.25) is 9.44 Å². The van der Waals surface area contributed by atoms with E-state index < -0.39 is 20.0 Å². The van der Waals surface area contributed by atoms with E-state index >= 15 is 0 Å². The van der Waals surface area contributed by atoms with Crippen LogP contribution in [0.3, 0.4) is 0 Å². The summed E-state index contributed by atoms with van der Waals surface area (Å²) in [5.74, 6) is 0. The lowest BCUT2D eigenvalue weighted by molar-refractivity contribution is 0.599. The van der Waals surface area contributed by atoms with E-state index in [1.54, 1.807) is 72.8 Å². The molecular weight excluding hydrogens is 480 g/mol. The Morgan fingerprint density at radius 3 is 1.11 bits per heavy atom. The van der Waals surface area contributed by atoms with Crippen LogP contribution in [0, 0.1) is 13.8 Å². The first-order valence-corrected chi connectivity index (χ1v) is 13.9. The number of aryl methyl sites for hydroxylation is 2. The van der Waals surface area contributed by atoms with Gasteiger partial charge in [0, 0.05) is 11.4 Å². The smallest absolute Gasteiger partial charge is 0.261 e. The first kappa shape index (κ1) is 24.5. The van der Waals surface area contributed by atoms with Crippen LogP contribution in [0.5, 0.6) is 0 Å². The third-order valence-corrected chi connectivity index (χ3v) is 8.28. The van der Waals surface area contributed by atoms with Crippen LogP contribution in [0.1, 0.15) is 22.3 Å². The molecule has 35 heavy (non-hydrogen) atoms. The molecule has 0 amide bonds. The van der Waals surface area contributed by atoms with Crippen LogP contribution >= 0.6 is 0 Å². The van der Waals surface area contributed by atoms with E-state index in [9.17, 15) is 16.8 Å². The Hall–Kier alpha value is -3.62. The molecular formula is C27H26N2O4S2. The van der Waals surface area contributed by atoms with Crippen LogP contribution < -0.4 is 9.44 Å². The molecule has 0 saturated heterocycles. The summed E-state index contributed by atoms with van der Waals surface area (Å²) in [6, 6.07) is 27.7. The highest BCUT2D eigenvalue weighted by Crippen LogP contribution is 2.21. The van der Waals surface area contributed by atoms with E-state index in [0.717, 1.165) is 22.3 Å². The number of nitrogens with one attached hydrogen (secondary N) is 2. The molecule has 180 valence electrons. The van der Waals surface area contributed by atoms with Crippen LogP contribution in [0.2, 0.25) is 0 Å². The summed E-state index contributed by atoms with van der Waals surface area (Å²) in [5.41, 5.74) is 4.94. The fourth-order valence-corrected chi connectivity index (χ4v) is 5.60. The molecule has 0 aliphatic heterocycles. The van der Waals surface area contributed by atoms with Crippen molar-refractivity contribution < 1.29 is 16.8 Å². The first-order valence-electron chi connectivity index (χ1n) is 11.0. The van der Waals surface area contributed by atoms with E-state index in [-0.39, 0.29) is 9.79 Å². The van der Waals surface area contributed by atoms with E-state index in [1.807, 2.05) is 38.1 Å². The van der Waals surface area contributed by atoms with Gasteiger partial charge in [-0.2, -0.15) is 0 Å². The summed E-state index contributed by atoms with van der Waals surface area (Å²) in [6.07, 6.45) is 0.621. The first-order chi connectivity index (χ1) is 16.6. The van der Waals surface area contributed by atoms with Crippen molar-refractivity contribution in [2.75, 3.05) is 9.44 Å². The molecule has 0 unspecified atom stereocenters. The van der Waals surface area contributed by atoms with Gasteiger partial charge in [0.1, 0.15) is 0 Å². The molecule has 0 radical (unpaired) electrons. The maximum Gasteiger partial charge on any atom is 0.261 e. The summed E-state index contributed by atoms with van der Waals surface area (Å²) in [5, 5.41) is 0. The highest BCUT2D eigenvalue weighted by Gasteiger charge is 2.15. The van der Waals surface area contributed by atoms with Gasteiger partial charge in [0.05, 0.1) is 9.79 Å². The van der Waals surface area contributed by atoms with E-state index in [0.29, 0.717) is 17.8 Å². The molecule has 2 N–H and O–H groups in total. The number of anilines is 2. The fraction of sp³-hybridized carbons (Fsp3) is 0.111. The third kappa shape index (κ3) is 6.29. The van der Waals surface area contributed by atoms with Crippen molar-refractivity contribution in [3.8, 4) is 0 Å². The second-order valence-corrected chi connectivity index (χ2v) is 11.8. The SMILES string of the molecule is Cc1ccc(S(=O)(=O)Nc2ccc(Cc3ccc(NS(=O)(=O)c4ccc(C)cc4)cc3)cc2)cc1. The Morgan fingerprint density at radius 2 is 0.800 bits per heavy atom. The molecule has 0 atom stereocenters. The minimum absolute atomic E-state index is 0.213. The second kappa shape index (κ2) is 9.93. The van der Waals surface area contributed by atoms with Gasteiger partial charge in [0.15, 0.2) is 0 Å². The number of hydrogen-bond donors (Lipinski definition) is 2. The number of sulfonamides is 2. The second-order valence-electron chi connectivity index (χ2n) is 8.41. The quantitative estimate of drug-likeness (QED) is 0.330. The summed E-state index contributed by atoms with van der Waals surface area (Å²) in [7, 11) is -7.30. The zero-order valence-corrected chi connectivity index (χ0v) is 21.0. The van der Waals surface area contributed by atoms with Crippen molar-refractivity contribution in [1.82, 2.24) is 0 Å². The summed E-state index contributed by atoms with van der Waals surface area (Å²) in [4.78, 5) is 0.426. The van der Waals surface area contributed by atoms with Crippen LogP contribution in [0.4, 0.5) is 11.4 Å². The van der Waals surface area contributed by atoms with Crippen molar-refractivity contribution in [3.63, 3.8) is 0 Å². The normalized spacial score (nSPS) is 11.7. The van der Waals surface area contributed by atoms with E-state index in [1.165, 1.54) is 0 Å². The minimum atomic E-state index is -3.65. The predicted molar refractivity (Wildman–Crippen MR) is 140 cm³/mol. The highest BCUT2D eigenvalue weighted by atomic mass is 32.2. The number of rotatable bonds is 8. The maximum atomic E-state index is 12.6. The van der Waals surface area contributed by atoms with E-state index in [2.05, 4.69) is 9.44 Å². The van der Waals surface area contributed by atoms with Gasteiger partial charge in [-0.25, -0.2) is 16.8 Å². The Bertz CT molecular complexity index is 1390. The molecule has 0 aromatic heterocycles. The standard InChI is InChI=1S/C27H26N2O4S2/c1-20-3-15-26(16-4-20)34(30,31)28-24-11-7-22(8-12-24)19-23-9-13-25(14-10-23)29-35(32,33)27-17-5-21(2)6-18-27/h3-18,28-29H,19H2,1-2H3. The fourth-order valence-electron chi connectivity index (χ4n) is 3.48. The van der Waals surface area contributed by atoms with Gasteiger partial charge in [0.25, 0.3) is 20.0 Å². The third-order valence-electron chi connectivity index (χ3n) is 5.48. The molecule has 0 fully saturated rings. The van der Waals surface area contributed by atoms with Gasteiger partial charge in [0.2, 0.25) is 0 Å². The molecule has 4 aromatic carbocycles. The predicted octanol–water partition coefficient (Wildman–Crippen LogP) is 5.50. The van der Waals surface area contributed by atoms with Crippen LogP contribution in [0.25, 0.3) is 0 Å². The summed E-state index contributed by atoms with van der Waals surface area (Å²) >= 11 is 0. The van der Waals surface area contributed by atoms with Crippen LogP contribution in [0.15, 0.2) is 107 Å². The Balaban J connectivity index is 1.39. The Labute approximate surface area is 206 Å². The monoisotopic (exact) mass is 506 g/mol. The number of benzene rings is 4. The average molecular weight is 507 g/mol. The molecule has 6 nitrogen and oxygen atoms in total. The highest BCUT2D eigenvalue weighted by molar-refractivity contribution is 7.93. The Morgan fingerprint density at radius 1 is 0.486 bits per heavy atom. The zero-order chi connectivity index (χ0) is 25.1. The van der Waals surface area contributed by atoms with E-state index in [4.69, 9.17) is 0 Å². The summed E-state index contributed by atoms with van der Waals surface area (Å²) in [6.45, 7) is 3.81. The Kier molecular flexibility index (Phi) is 6.95. The molecule has 0 aliphatic rings. The van der Waals surface area contributed by atoms with Crippen molar-refractivity contribution >= 4 is 31.4 Å². The minimum Gasteiger partial charge on any atom is -0.280 e. The van der Waals surface area contributed by atoms with Gasteiger partial charge in [-0.1, -0.05) is 59.7 Å². The van der Waals surface area contributed by atoms with Gasteiger partial charge in [-0.15, -0.1) is 0 Å². The van der Waals surface area contributed by atoms with Gasteiger partial charge in [-0.05, 0) is 79.9 Å². The topological polar surface area (TPSA) is 92.3 Å². The molecule has 0 spiro atoms. The summed E-state index contributed by atoms with van der Waals surface area (Å²) < 4.78 is 55.5. The van der Waals surface area contributed by atoms with Crippen molar-refractivity contribution in [3.05, 3.63) is 119 Å². The largest absolute Gasteiger partial charge is 0.280 e. The maximum absolute atomic E-state index is 12.6. The van der Waals surface area contributed by atoms with Crippen molar-refractivity contribution in [2.45, 2.75) is 30.1 Å². The molecule has 0 bridgehead atoms. The van der Waals surface area contributed by atoms with Crippen LogP contribution in [-0.2, 0) is 26.5 Å². The van der Waals surface area contributed by atoms with Crippen molar-refractivity contribution in [2.24, 2.45) is 0 Å². The molecule has 4 rings (SSSR count). The molecule has 4 aromatic rings. The molecule has 0 heterocycles. The molecule has 8 heteroatoms. The lowest BCUT2D eigenvalue weighted by Gasteiger charge is -2.10. The van der Waals surface area contributed by atoms with Crippen molar-refractivity contribution in [1.29, 1.82) is 0 Å². The molecule has 0 saturated carbocycles.